The van der Waals surface area contributed by atoms with Gasteiger partial charge in [-0.2, -0.15) is 0 Å². The third-order valence-corrected chi connectivity index (χ3v) is 3.54. The van der Waals surface area contributed by atoms with E-state index in [0.29, 0.717) is 23.5 Å². The monoisotopic (exact) mass is 326 g/mol. The molecule has 4 aromatic heterocycles. The van der Waals surface area contributed by atoms with E-state index in [-0.39, 0.29) is 0 Å². The number of fused-ring (bicyclic) bond motifs is 1. The summed E-state index contributed by atoms with van der Waals surface area (Å²) in [7, 11) is 0. The van der Waals surface area contributed by atoms with E-state index in [4.69, 9.17) is 16.0 Å². The molecule has 0 aromatic carbocycles. The molecule has 23 heavy (non-hydrogen) atoms. The first kappa shape index (κ1) is 13.7. The second-order valence-corrected chi connectivity index (χ2v) is 5.26. The van der Waals surface area contributed by atoms with Gasteiger partial charge in [0.1, 0.15) is 5.65 Å². The van der Waals surface area contributed by atoms with Crippen molar-refractivity contribution >= 4 is 23.3 Å². The Morgan fingerprint density at radius 3 is 2.87 bits per heavy atom. The smallest absolute Gasteiger partial charge is 0.316 e. The molecule has 4 heterocycles. The molecule has 0 saturated heterocycles. The largest absolute Gasteiger partial charge is 0.403 e. The van der Waals surface area contributed by atoms with E-state index in [0.717, 1.165) is 16.9 Å². The topological polar surface area (TPSA) is 81.1 Å². The molecule has 4 rings (SSSR count). The maximum atomic E-state index is 6.02. The summed E-state index contributed by atoms with van der Waals surface area (Å²) in [5, 5.41) is 11.7. The zero-order valence-electron chi connectivity index (χ0n) is 11.8. The van der Waals surface area contributed by atoms with Crippen LogP contribution in [0.2, 0.25) is 5.02 Å². The Hall–Kier alpha value is -2.93. The van der Waals surface area contributed by atoms with Crippen LogP contribution < -0.4 is 5.32 Å². The lowest BCUT2D eigenvalue weighted by atomic mass is 10.3. The Bertz CT molecular complexity index is 949. The fourth-order valence-electron chi connectivity index (χ4n) is 2.21. The van der Waals surface area contributed by atoms with Crippen molar-refractivity contribution in [3.8, 4) is 11.5 Å². The van der Waals surface area contributed by atoms with Crippen molar-refractivity contribution in [2.45, 2.75) is 6.54 Å². The molecule has 0 aliphatic carbocycles. The van der Waals surface area contributed by atoms with Crippen LogP contribution in [-0.4, -0.2) is 24.6 Å². The number of nitrogens with one attached hydrogen (secondary N) is 1. The van der Waals surface area contributed by atoms with Crippen LogP contribution >= 0.6 is 11.6 Å². The second-order valence-electron chi connectivity index (χ2n) is 4.83. The van der Waals surface area contributed by atoms with Crippen LogP contribution in [0, 0.1) is 0 Å². The molecule has 0 bridgehead atoms. The van der Waals surface area contributed by atoms with Gasteiger partial charge in [0.2, 0.25) is 5.89 Å². The number of anilines is 1. The quantitative estimate of drug-likeness (QED) is 0.620. The van der Waals surface area contributed by atoms with Crippen molar-refractivity contribution < 1.29 is 4.42 Å². The molecule has 8 heteroatoms. The Labute approximate surface area is 136 Å². The molecule has 4 aromatic rings. The van der Waals surface area contributed by atoms with Crippen LogP contribution in [0.4, 0.5) is 6.01 Å². The number of rotatable bonds is 4. The number of pyridine rings is 2. The molecule has 0 amide bonds. The van der Waals surface area contributed by atoms with Crippen LogP contribution in [0.1, 0.15) is 5.69 Å². The predicted molar refractivity (Wildman–Crippen MR) is 85.1 cm³/mol. The standard InChI is InChI=1S/C15H11ClN6O/c16-11-1-2-13-18-7-12(22(13)9-11)8-19-15-21-20-14(23-15)10-3-5-17-6-4-10/h1-7,9H,8H2,(H,19,21). The molecule has 1 N–H and O–H groups in total. The van der Waals surface area contributed by atoms with Gasteiger partial charge in [0.05, 0.1) is 23.5 Å². The summed E-state index contributed by atoms with van der Waals surface area (Å²) in [5.74, 6) is 0.441. The molecule has 0 aliphatic rings. The zero-order valence-corrected chi connectivity index (χ0v) is 12.6. The van der Waals surface area contributed by atoms with Gasteiger partial charge in [-0.3, -0.25) is 4.98 Å². The maximum absolute atomic E-state index is 6.02. The highest BCUT2D eigenvalue weighted by molar-refractivity contribution is 6.30. The predicted octanol–water partition coefficient (Wildman–Crippen LogP) is 3.04. The maximum Gasteiger partial charge on any atom is 0.316 e. The van der Waals surface area contributed by atoms with E-state index < -0.39 is 0 Å². The lowest BCUT2D eigenvalue weighted by molar-refractivity contribution is 0.580. The van der Waals surface area contributed by atoms with E-state index in [2.05, 4.69) is 25.5 Å². The van der Waals surface area contributed by atoms with E-state index in [1.807, 2.05) is 28.8 Å². The average molecular weight is 327 g/mol. The lowest BCUT2D eigenvalue weighted by Crippen LogP contribution is -2.02. The minimum absolute atomic E-state index is 0.341. The summed E-state index contributed by atoms with van der Waals surface area (Å²) in [6, 6.07) is 7.63. The summed E-state index contributed by atoms with van der Waals surface area (Å²) < 4.78 is 7.50. The third kappa shape index (κ3) is 2.74. The van der Waals surface area contributed by atoms with Gasteiger partial charge in [0.25, 0.3) is 0 Å². The Morgan fingerprint density at radius 2 is 2.00 bits per heavy atom. The van der Waals surface area contributed by atoms with Gasteiger partial charge >= 0.3 is 6.01 Å². The number of hydrogen-bond acceptors (Lipinski definition) is 6. The van der Waals surface area contributed by atoms with Gasteiger partial charge in [-0.15, -0.1) is 5.10 Å². The van der Waals surface area contributed by atoms with Crippen molar-refractivity contribution in [1.82, 2.24) is 24.6 Å². The summed E-state index contributed by atoms with van der Waals surface area (Å²) >= 11 is 6.02. The summed E-state index contributed by atoms with van der Waals surface area (Å²) in [5.41, 5.74) is 2.59. The number of aromatic nitrogens is 5. The molecule has 7 nitrogen and oxygen atoms in total. The van der Waals surface area contributed by atoms with Gasteiger partial charge < -0.3 is 14.1 Å². The van der Waals surface area contributed by atoms with Gasteiger partial charge in [-0.05, 0) is 24.3 Å². The van der Waals surface area contributed by atoms with Gasteiger partial charge in [-0.1, -0.05) is 16.7 Å². The van der Waals surface area contributed by atoms with Crippen molar-refractivity contribution in [1.29, 1.82) is 0 Å². The summed E-state index contributed by atoms with van der Waals surface area (Å²) in [6.07, 6.45) is 6.94. The van der Waals surface area contributed by atoms with E-state index >= 15 is 0 Å². The minimum atomic E-state index is 0.341. The van der Waals surface area contributed by atoms with Crippen molar-refractivity contribution in [2.75, 3.05) is 5.32 Å². The Balaban J connectivity index is 1.53. The molecule has 0 atom stereocenters. The number of halogens is 1. The highest BCUT2D eigenvalue weighted by Gasteiger charge is 2.09. The first-order valence-corrected chi connectivity index (χ1v) is 7.27. The molecule has 0 unspecified atom stereocenters. The molecule has 0 saturated carbocycles. The van der Waals surface area contributed by atoms with Gasteiger partial charge in [-0.25, -0.2) is 4.98 Å². The van der Waals surface area contributed by atoms with Gasteiger partial charge in [0.15, 0.2) is 0 Å². The molecule has 0 fully saturated rings. The minimum Gasteiger partial charge on any atom is -0.403 e. The van der Waals surface area contributed by atoms with Crippen LogP contribution in [0.15, 0.2) is 53.5 Å². The van der Waals surface area contributed by atoms with Crippen LogP contribution in [0.5, 0.6) is 0 Å². The highest BCUT2D eigenvalue weighted by atomic mass is 35.5. The van der Waals surface area contributed by atoms with Crippen molar-refractivity contribution in [3.63, 3.8) is 0 Å². The summed E-state index contributed by atoms with van der Waals surface area (Å²) in [4.78, 5) is 8.27. The highest BCUT2D eigenvalue weighted by Crippen LogP contribution is 2.19. The first-order valence-electron chi connectivity index (χ1n) is 6.89. The fourth-order valence-corrected chi connectivity index (χ4v) is 2.37. The molecule has 0 spiro atoms. The average Bonchev–Trinajstić information content (AvgIpc) is 3.20. The first-order chi connectivity index (χ1) is 11.3. The van der Waals surface area contributed by atoms with Crippen LogP contribution in [0.3, 0.4) is 0 Å². The third-order valence-electron chi connectivity index (χ3n) is 3.32. The number of imidazole rings is 1. The molecule has 0 aliphatic heterocycles. The Kier molecular flexibility index (Phi) is 3.39. The van der Waals surface area contributed by atoms with Crippen molar-refractivity contribution in [3.05, 3.63) is 59.8 Å². The molecule has 114 valence electrons. The SMILES string of the molecule is Clc1ccc2ncc(CNc3nnc(-c4ccncc4)o3)n2c1. The van der Waals surface area contributed by atoms with Crippen LogP contribution in [0.25, 0.3) is 17.1 Å². The zero-order chi connectivity index (χ0) is 15.6. The second kappa shape index (κ2) is 5.69. The summed E-state index contributed by atoms with van der Waals surface area (Å²) in [6.45, 7) is 0.486. The normalized spacial score (nSPS) is 11.0. The number of nitrogens with zero attached hydrogens (tertiary/aromatic N) is 5. The molecule has 0 radical (unpaired) electrons. The lowest BCUT2D eigenvalue weighted by Gasteiger charge is -2.02. The fraction of sp³-hybridized carbons (Fsp3) is 0.0667. The number of hydrogen-bond donors (Lipinski definition) is 1. The Morgan fingerprint density at radius 1 is 1.13 bits per heavy atom. The van der Waals surface area contributed by atoms with Gasteiger partial charge in [0, 0.05) is 24.2 Å². The van der Waals surface area contributed by atoms with E-state index in [9.17, 15) is 0 Å². The molecular weight excluding hydrogens is 316 g/mol. The van der Waals surface area contributed by atoms with E-state index in [1.54, 1.807) is 24.7 Å². The molecular formula is C15H11ClN6O. The van der Waals surface area contributed by atoms with Crippen LogP contribution in [-0.2, 0) is 6.54 Å². The van der Waals surface area contributed by atoms with Crippen molar-refractivity contribution in [2.24, 2.45) is 0 Å². The van der Waals surface area contributed by atoms with E-state index in [1.165, 1.54) is 0 Å².